The molecule has 148 valence electrons. The maximum absolute atomic E-state index is 13.1. The molecule has 0 unspecified atom stereocenters. The second kappa shape index (κ2) is 8.80. The maximum Gasteiger partial charge on any atom is 0.264 e. The van der Waals surface area contributed by atoms with Crippen LogP contribution in [0, 0.1) is 6.92 Å². The highest BCUT2D eigenvalue weighted by Gasteiger charge is 2.28. The summed E-state index contributed by atoms with van der Waals surface area (Å²) in [5.74, 6) is -0.0205. The zero-order chi connectivity index (χ0) is 20.2. The molecule has 0 N–H and O–H groups in total. The van der Waals surface area contributed by atoms with Crippen molar-refractivity contribution in [2.24, 2.45) is 5.16 Å². The van der Waals surface area contributed by atoms with E-state index in [-0.39, 0.29) is 12.0 Å². The number of amides is 1. The minimum atomic E-state index is -0.184. The Kier molecular flexibility index (Phi) is 5.97. The van der Waals surface area contributed by atoms with Gasteiger partial charge in [-0.25, -0.2) is 0 Å². The Morgan fingerprint density at radius 2 is 1.97 bits per heavy atom. The van der Waals surface area contributed by atoms with Gasteiger partial charge in [-0.2, -0.15) is 0 Å². The van der Waals surface area contributed by atoms with Crippen LogP contribution in [0.25, 0.3) is 0 Å². The summed E-state index contributed by atoms with van der Waals surface area (Å²) < 4.78 is 0. The first kappa shape index (κ1) is 19.7. The first-order valence-corrected chi connectivity index (χ1v) is 10.7. The first-order chi connectivity index (χ1) is 14.1. The number of rotatable bonds is 6. The van der Waals surface area contributed by atoms with Gasteiger partial charge in [-0.1, -0.05) is 65.3 Å². The van der Waals surface area contributed by atoms with Gasteiger partial charge < -0.3 is 9.74 Å². The summed E-state index contributed by atoms with van der Waals surface area (Å²) in [5, 5.41) is 6.87. The number of hydrogen-bond acceptors (Lipinski definition) is 4. The predicted molar refractivity (Wildman–Crippen MR) is 118 cm³/mol. The molecule has 0 fully saturated rings. The van der Waals surface area contributed by atoms with Gasteiger partial charge in [0.2, 0.25) is 0 Å². The SMILES string of the molecule is Cc1ccccc1C1=NO[C@H](CN(Cc2ccccc2Cl)C(=O)c2cccs2)C1. The van der Waals surface area contributed by atoms with E-state index in [4.69, 9.17) is 16.4 Å². The summed E-state index contributed by atoms with van der Waals surface area (Å²) in [6.07, 6.45) is 0.484. The van der Waals surface area contributed by atoms with E-state index in [1.54, 1.807) is 4.90 Å². The Bertz CT molecular complexity index is 1030. The third-order valence-corrected chi connectivity index (χ3v) is 6.18. The Hall–Kier alpha value is -2.63. The molecule has 0 aliphatic carbocycles. The van der Waals surface area contributed by atoms with Gasteiger partial charge in [-0.15, -0.1) is 11.3 Å². The number of oxime groups is 1. The summed E-state index contributed by atoms with van der Waals surface area (Å²) >= 11 is 7.78. The third-order valence-electron chi connectivity index (χ3n) is 4.95. The normalized spacial score (nSPS) is 15.7. The Labute approximate surface area is 179 Å². The Morgan fingerprint density at radius 3 is 2.72 bits per heavy atom. The van der Waals surface area contributed by atoms with Gasteiger partial charge in [0.25, 0.3) is 5.91 Å². The molecule has 29 heavy (non-hydrogen) atoms. The fourth-order valence-electron chi connectivity index (χ4n) is 3.44. The van der Waals surface area contributed by atoms with Gasteiger partial charge in [0.1, 0.15) is 0 Å². The molecule has 1 atom stereocenters. The standard InChI is InChI=1S/C23H21ClN2O2S/c1-16-7-2-4-9-19(16)21-13-18(28-25-21)15-26(23(27)22-11-6-12-29-22)14-17-8-3-5-10-20(17)24/h2-12,18H,13-15H2,1H3/t18-/m0/s1. The number of aryl methyl sites for hydroxylation is 1. The third kappa shape index (κ3) is 4.52. The highest BCUT2D eigenvalue weighted by Crippen LogP contribution is 2.24. The van der Waals surface area contributed by atoms with Crippen LogP contribution in [0.1, 0.15) is 32.8 Å². The molecule has 0 radical (unpaired) electrons. The van der Waals surface area contributed by atoms with Crippen molar-refractivity contribution in [2.45, 2.75) is 26.0 Å². The maximum atomic E-state index is 13.1. The number of thiophene rings is 1. The number of carbonyl (C=O) groups excluding carboxylic acids is 1. The molecule has 2 heterocycles. The lowest BCUT2D eigenvalue weighted by molar-refractivity contribution is 0.0408. The number of carbonyl (C=O) groups is 1. The van der Waals surface area contributed by atoms with Crippen molar-refractivity contribution in [3.63, 3.8) is 0 Å². The average Bonchev–Trinajstić information content (AvgIpc) is 3.41. The lowest BCUT2D eigenvalue weighted by Gasteiger charge is -2.25. The molecular weight excluding hydrogens is 404 g/mol. The zero-order valence-corrected chi connectivity index (χ0v) is 17.6. The summed E-state index contributed by atoms with van der Waals surface area (Å²) in [5.41, 5.74) is 4.10. The molecular formula is C23H21ClN2O2S. The van der Waals surface area contributed by atoms with Crippen molar-refractivity contribution in [1.82, 2.24) is 4.90 Å². The zero-order valence-electron chi connectivity index (χ0n) is 16.0. The van der Waals surface area contributed by atoms with E-state index >= 15 is 0 Å². The van der Waals surface area contributed by atoms with Crippen molar-refractivity contribution < 1.29 is 9.63 Å². The van der Waals surface area contributed by atoms with Crippen LogP contribution in [0.4, 0.5) is 0 Å². The molecule has 4 nitrogen and oxygen atoms in total. The largest absolute Gasteiger partial charge is 0.390 e. The van der Waals surface area contributed by atoms with Crippen LogP contribution in [0.3, 0.4) is 0 Å². The first-order valence-electron chi connectivity index (χ1n) is 9.46. The van der Waals surface area contributed by atoms with Crippen molar-refractivity contribution in [3.8, 4) is 0 Å². The topological polar surface area (TPSA) is 41.9 Å². The van der Waals surface area contributed by atoms with E-state index in [1.165, 1.54) is 11.3 Å². The molecule has 1 aromatic heterocycles. The molecule has 0 spiro atoms. The quantitative estimate of drug-likeness (QED) is 0.520. The van der Waals surface area contributed by atoms with Crippen LogP contribution in [-0.4, -0.2) is 29.2 Å². The molecule has 1 aliphatic heterocycles. The van der Waals surface area contributed by atoms with Gasteiger partial charge in [-0.05, 0) is 35.6 Å². The van der Waals surface area contributed by atoms with E-state index in [0.29, 0.717) is 29.4 Å². The lowest BCUT2D eigenvalue weighted by atomic mass is 10.00. The lowest BCUT2D eigenvalue weighted by Crippen LogP contribution is -2.37. The molecule has 1 amide bonds. The Balaban J connectivity index is 1.51. The summed E-state index contributed by atoms with van der Waals surface area (Å²) in [6.45, 7) is 2.94. The fourth-order valence-corrected chi connectivity index (χ4v) is 4.32. The number of hydrogen-bond donors (Lipinski definition) is 0. The van der Waals surface area contributed by atoms with E-state index in [1.807, 2.05) is 53.9 Å². The number of benzene rings is 2. The minimum absolute atomic E-state index is 0.0205. The minimum Gasteiger partial charge on any atom is -0.390 e. The molecule has 4 rings (SSSR count). The van der Waals surface area contributed by atoms with E-state index in [2.05, 4.69) is 24.2 Å². The van der Waals surface area contributed by atoms with Gasteiger partial charge in [0.05, 0.1) is 17.1 Å². The van der Waals surface area contributed by atoms with Crippen molar-refractivity contribution >= 4 is 34.6 Å². The highest BCUT2D eigenvalue weighted by atomic mass is 35.5. The average molecular weight is 425 g/mol. The van der Waals surface area contributed by atoms with Crippen LogP contribution in [0.2, 0.25) is 5.02 Å². The summed E-state index contributed by atoms with van der Waals surface area (Å²) in [6, 6.07) is 19.5. The van der Waals surface area contributed by atoms with E-state index in [0.717, 1.165) is 22.4 Å². The molecule has 3 aromatic rings. The Morgan fingerprint density at radius 1 is 1.17 bits per heavy atom. The monoisotopic (exact) mass is 424 g/mol. The highest BCUT2D eigenvalue weighted by molar-refractivity contribution is 7.12. The van der Waals surface area contributed by atoms with Crippen LogP contribution >= 0.6 is 22.9 Å². The van der Waals surface area contributed by atoms with Crippen LogP contribution < -0.4 is 0 Å². The van der Waals surface area contributed by atoms with Crippen LogP contribution in [0.15, 0.2) is 71.2 Å². The number of halogens is 1. The molecule has 0 saturated carbocycles. The van der Waals surface area contributed by atoms with E-state index < -0.39 is 0 Å². The van der Waals surface area contributed by atoms with Gasteiger partial charge in [0, 0.05) is 23.6 Å². The van der Waals surface area contributed by atoms with Crippen LogP contribution in [0.5, 0.6) is 0 Å². The van der Waals surface area contributed by atoms with Gasteiger partial charge >= 0.3 is 0 Å². The molecule has 0 saturated heterocycles. The van der Waals surface area contributed by atoms with Crippen molar-refractivity contribution in [1.29, 1.82) is 0 Å². The second-order valence-electron chi connectivity index (χ2n) is 7.04. The van der Waals surface area contributed by atoms with Crippen molar-refractivity contribution in [3.05, 3.63) is 92.6 Å². The van der Waals surface area contributed by atoms with Crippen LogP contribution in [-0.2, 0) is 11.4 Å². The summed E-state index contributed by atoms with van der Waals surface area (Å²) in [7, 11) is 0. The van der Waals surface area contributed by atoms with Gasteiger partial charge in [0.15, 0.2) is 6.10 Å². The smallest absolute Gasteiger partial charge is 0.264 e. The van der Waals surface area contributed by atoms with Gasteiger partial charge in [-0.3, -0.25) is 4.79 Å². The molecule has 2 aromatic carbocycles. The summed E-state index contributed by atoms with van der Waals surface area (Å²) in [4.78, 5) is 21.3. The molecule has 6 heteroatoms. The van der Waals surface area contributed by atoms with Crippen molar-refractivity contribution in [2.75, 3.05) is 6.54 Å². The second-order valence-corrected chi connectivity index (χ2v) is 8.39. The fraction of sp³-hybridized carbons (Fsp3) is 0.217. The van der Waals surface area contributed by atoms with E-state index in [9.17, 15) is 4.79 Å². The molecule has 0 bridgehead atoms. The predicted octanol–water partition coefficient (Wildman–Crippen LogP) is 5.55. The number of nitrogens with zero attached hydrogens (tertiary/aromatic N) is 2. The molecule has 1 aliphatic rings.